The third-order valence-corrected chi connectivity index (χ3v) is 2.61. The van der Waals surface area contributed by atoms with Crippen LogP contribution in [0.25, 0.3) is 5.69 Å². The number of rotatable bonds is 2. The van der Waals surface area contributed by atoms with E-state index in [9.17, 15) is 4.79 Å². The van der Waals surface area contributed by atoms with Crippen molar-refractivity contribution in [2.45, 2.75) is 13.5 Å². The van der Waals surface area contributed by atoms with E-state index in [1.165, 1.54) is 15.6 Å². The predicted molar refractivity (Wildman–Crippen MR) is 61.2 cm³/mol. The summed E-state index contributed by atoms with van der Waals surface area (Å²) >= 11 is 3.37. The second kappa shape index (κ2) is 4.02. The van der Waals surface area contributed by atoms with Crippen LogP contribution in [-0.2, 0) is 6.54 Å². The Morgan fingerprint density at radius 2 is 2.27 bits per heavy atom. The molecule has 0 fully saturated rings. The molecule has 0 aliphatic rings. The van der Waals surface area contributed by atoms with Gasteiger partial charge in [-0.3, -0.25) is 0 Å². The molecule has 0 saturated carbocycles. The summed E-state index contributed by atoms with van der Waals surface area (Å²) < 4.78 is 3.88. The topological polar surface area (TPSA) is 39.8 Å². The molecule has 4 nitrogen and oxygen atoms in total. The van der Waals surface area contributed by atoms with Gasteiger partial charge in [-0.2, -0.15) is 5.10 Å². The van der Waals surface area contributed by atoms with E-state index in [1.54, 1.807) is 0 Å². The van der Waals surface area contributed by atoms with Gasteiger partial charge in [0.25, 0.3) is 0 Å². The average molecular weight is 268 g/mol. The Balaban J connectivity index is 2.55. The maximum absolute atomic E-state index is 11.8. The van der Waals surface area contributed by atoms with E-state index in [1.807, 2.05) is 31.2 Å². The molecular formula is C10H10BrN3O. The van der Waals surface area contributed by atoms with Gasteiger partial charge in [-0.05, 0) is 25.1 Å². The fraction of sp³-hybridized carbons (Fsp3) is 0.200. The molecule has 0 aliphatic carbocycles. The zero-order chi connectivity index (χ0) is 10.8. The monoisotopic (exact) mass is 267 g/mol. The fourth-order valence-corrected chi connectivity index (χ4v) is 1.74. The lowest BCUT2D eigenvalue weighted by atomic mass is 10.3. The first-order valence-electron chi connectivity index (χ1n) is 4.63. The van der Waals surface area contributed by atoms with E-state index in [0.29, 0.717) is 6.54 Å². The lowest BCUT2D eigenvalue weighted by Crippen LogP contribution is -2.23. The minimum absolute atomic E-state index is 0.115. The Kier molecular flexibility index (Phi) is 2.73. The Labute approximate surface area is 95.3 Å². The van der Waals surface area contributed by atoms with Gasteiger partial charge >= 0.3 is 5.69 Å². The van der Waals surface area contributed by atoms with Crippen molar-refractivity contribution in [1.82, 2.24) is 14.3 Å². The lowest BCUT2D eigenvalue weighted by Gasteiger charge is -1.99. The quantitative estimate of drug-likeness (QED) is 0.833. The van der Waals surface area contributed by atoms with Gasteiger partial charge in [0.1, 0.15) is 6.33 Å². The number of benzene rings is 1. The largest absolute Gasteiger partial charge is 0.350 e. The zero-order valence-corrected chi connectivity index (χ0v) is 9.81. The van der Waals surface area contributed by atoms with E-state index in [4.69, 9.17) is 0 Å². The van der Waals surface area contributed by atoms with Crippen LogP contribution in [0.1, 0.15) is 6.92 Å². The number of nitrogens with zero attached hydrogens (tertiary/aromatic N) is 3. The molecule has 0 N–H and O–H groups in total. The van der Waals surface area contributed by atoms with Gasteiger partial charge in [0.05, 0.1) is 5.69 Å². The Hall–Kier alpha value is -1.36. The number of halogens is 1. The van der Waals surface area contributed by atoms with Crippen LogP contribution in [0.2, 0.25) is 0 Å². The second-order valence-electron chi connectivity index (χ2n) is 3.08. The van der Waals surface area contributed by atoms with E-state index in [0.717, 1.165) is 10.2 Å². The van der Waals surface area contributed by atoms with Crippen LogP contribution in [0.4, 0.5) is 0 Å². The van der Waals surface area contributed by atoms with Crippen LogP contribution >= 0.6 is 15.9 Å². The first kappa shape index (κ1) is 10.2. The summed E-state index contributed by atoms with van der Waals surface area (Å²) in [5, 5.41) is 3.99. The van der Waals surface area contributed by atoms with Gasteiger partial charge in [-0.15, -0.1) is 0 Å². The van der Waals surface area contributed by atoms with Crippen molar-refractivity contribution in [2.24, 2.45) is 0 Å². The third kappa shape index (κ3) is 1.87. The molecule has 0 radical (unpaired) electrons. The Morgan fingerprint density at radius 3 is 2.87 bits per heavy atom. The minimum Gasteiger partial charge on any atom is -0.250 e. The van der Waals surface area contributed by atoms with Crippen molar-refractivity contribution in [3.8, 4) is 5.69 Å². The summed E-state index contributed by atoms with van der Waals surface area (Å²) in [6.07, 6.45) is 1.54. The predicted octanol–water partition coefficient (Wildman–Crippen LogP) is 1.82. The molecule has 78 valence electrons. The van der Waals surface area contributed by atoms with E-state index in [2.05, 4.69) is 21.0 Å². The fourth-order valence-electron chi connectivity index (χ4n) is 1.36. The zero-order valence-electron chi connectivity index (χ0n) is 8.22. The number of hydrogen-bond acceptors (Lipinski definition) is 2. The lowest BCUT2D eigenvalue weighted by molar-refractivity contribution is 0.629. The van der Waals surface area contributed by atoms with Crippen LogP contribution in [0, 0.1) is 0 Å². The molecule has 2 rings (SSSR count). The first-order chi connectivity index (χ1) is 7.22. The molecule has 0 spiro atoms. The maximum atomic E-state index is 11.8. The molecule has 0 atom stereocenters. The van der Waals surface area contributed by atoms with E-state index < -0.39 is 0 Å². The molecule has 1 heterocycles. The molecule has 1 aromatic carbocycles. The number of aromatic nitrogens is 3. The summed E-state index contributed by atoms with van der Waals surface area (Å²) in [7, 11) is 0. The highest BCUT2D eigenvalue weighted by molar-refractivity contribution is 9.10. The van der Waals surface area contributed by atoms with Crippen LogP contribution in [0.15, 0.2) is 39.9 Å². The molecule has 0 bridgehead atoms. The number of hydrogen-bond donors (Lipinski definition) is 0. The highest BCUT2D eigenvalue weighted by Gasteiger charge is 2.04. The van der Waals surface area contributed by atoms with Gasteiger partial charge in [0.15, 0.2) is 0 Å². The van der Waals surface area contributed by atoms with Gasteiger partial charge < -0.3 is 0 Å². The highest BCUT2D eigenvalue weighted by atomic mass is 79.9. The van der Waals surface area contributed by atoms with E-state index >= 15 is 0 Å². The van der Waals surface area contributed by atoms with Crippen LogP contribution in [0.3, 0.4) is 0 Å². The molecule has 5 heteroatoms. The summed E-state index contributed by atoms with van der Waals surface area (Å²) in [4.78, 5) is 11.8. The van der Waals surface area contributed by atoms with Crippen molar-refractivity contribution in [1.29, 1.82) is 0 Å². The molecule has 0 unspecified atom stereocenters. The summed E-state index contributed by atoms with van der Waals surface area (Å²) in [6, 6.07) is 7.55. The first-order valence-corrected chi connectivity index (χ1v) is 5.42. The molecule has 2 aromatic rings. The van der Waals surface area contributed by atoms with Gasteiger partial charge in [-0.1, -0.05) is 22.0 Å². The Bertz CT molecular complexity index is 529. The van der Waals surface area contributed by atoms with Crippen LogP contribution in [0.5, 0.6) is 0 Å². The van der Waals surface area contributed by atoms with Crippen LogP contribution < -0.4 is 5.69 Å². The molecule has 1 aromatic heterocycles. The van der Waals surface area contributed by atoms with Gasteiger partial charge in [-0.25, -0.2) is 14.0 Å². The smallest absolute Gasteiger partial charge is 0.250 e. The van der Waals surface area contributed by atoms with Crippen molar-refractivity contribution >= 4 is 15.9 Å². The summed E-state index contributed by atoms with van der Waals surface area (Å²) in [5.41, 5.74) is 0.699. The Morgan fingerprint density at radius 1 is 1.47 bits per heavy atom. The minimum atomic E-state index is -0.115. The molecule has 0 saturated heterocycles. The average Bonchev–Trinajstić information content (AvgIpc) is 2.59. The molecule has 0 aliphatic heterocycles. The van der Waals surface area contributed by atoms with Crippen molar-refractivity contribution in [2.75, 3.05) is 0 Å². The summed E-state index contributed by atoms with van der Waals surface area (Å²) in [5.74, 6) is 0. The molecule has 0 amide bonds. The third-order valence-electron chi connectivity index (χ3n) is 2.12. The SMILES string of the molecule is CCn1ncn(-c2cccc(Br)c2)c1=O. The molecular weight excluding hydrogens is 258 g/mol. The highest BCUT2D eigenvalue weighted by Crippen LogP contribution is 2.13. The van der Waals surface area contributed by atoms with Gasteiger partial charge in [0.2, 0.25) is 0 Å². The van der Waals surface area contributed by atoms with Crippen molar-refractivity contribution in [3.05, 3.63) is 45.5 Å². The maximum Gasteiger partial charge on any atom is 0.350 e. The van der Waals surface area contributed by atoms with Crippen LogP contribution in [-0.4, -0.2) is 14.3 Å². The van der Waals surface area contributed by atoms with Crippen molar-refractivity contribution in [3.63, 3.8) is 0 Å². The van der Waals surface area contributed by atoms with E-state index in [-0.39, 0.29) is 5.69 Å². The molecule has 15 heavy (non-hydrogen) atoms. The van der Waals surface area contributed by atoms with Crippen molar-refractivity contribution < 1.29 is 0 Å². The van der Waals surface area contributed by atoms with Gasteiger partial charge in [0, 0.05) is 11.0 Å². The standard InChI is InChI=1S/C10H10BrN3O/c1-2-14-10(15)13(7-12-14)9-5-3-4-8(11)6-9/h3-7H,2H2,1H3. The normalized spacial score (nSPS) is 10.5. The second-order valence-corrected chi connectivity index (χ2v) is 3.99. The number of aryl methyl sites for hydroxylation is 1. The summed E-state index contributed by atoms with van der Waals surface area (Å²) in [6.45, 7) is 2.47.